The van der Waals surface area contributed by atoms with Crippen LogP contribution in [0.4, 0.5) is 11.4 Å². The second kappa shape index (κ2) is 6.25. The van der Waals surface area contributed by atoms with Crippen LogP contribution in [0.5, 0.6) is 5.75 Å². The first-order valence-corrected chi connectivity index (χ1v) is 8.79. The molecule has 6 nitrogen and oxygen atoms in total. The minimum Gasteiger partial charge on any atom is -0.423 e. The van der Waals surface area contributed by atoms with Crippen LogP contribution in [0.25, 0.3) is 0 Å². The van der Waals surface area contributed by atoms with Gasteiger partial charge in [-0.05, 0) is 48.4 Å². The topological polar surface area (TPSA) is 84.5 Å². The Morgan fingerprint density at radius 2 is 1.80 bits per heavy atom. The van der Waals surface area contributed by atoms with Crippen LogP contribution in [0.2, 0.25) is 0 Å². The smallest absolute Gasteiger partial charge is 0.343 e. The maximum atomic E-state index is 12.4. The van der Waals surface area contributed by atoms with Gasteiger partial charge in [0.15, 0.2) is 0 Å². The van der Waals surface area contributed by atoms with E-state index in [0.29, 0.717) is 35.6 Å². The number of esters is 1. The van der Waals surface area contributed by atoms with Gasteiger partial charge in [-0.1, -0.05) is 0 Å². The molecule has 0 saturated heterocycles. The molecule has 2 amide bonds. The summed E-state index contributed by atoms with van der Waals surface area (Å²) >= 11 is 1.44. The van der Waals surface area contributed by atoms with Gasteiger partial charge in [0.05, 0.1) is 17.0 Å². The van der Waals surface area contributed by atoms with Crippen molar-refractivity contribution in [3.05, 3.63) is 47.5 Å². The van der Waals surface area contributed by atoms with E-state index in [4.69, 9.17) is 4.74 Å². The second-order valence-corrected chi connectivity index (χ2v) is 6.82. The molecular formula is C18H14N2O4S. The monoisotopic (exact) mass is 354 g/mol. The van der Waals surface area contributed by atoms with Crippen LogP contribution < -0.4 is 15.4 Å². The summed E-state index contributed by atoms with van der Waals surface area (Å²) in [7, 11) is 0. The van der Waals surface area contributed by atoms with Crippen LogP contribution in [0.3, 0.4) is 0 Å². The fourth-order valence-corrected chi connectivity index (χ4v) is 3.59. The zero-order chi connectivity index (χ0) is 17.4. The fraction of sp³-hybridized carbons (Fsp3) is 0.167. The maximum Gasteiger partial charge on any atom is 0.343 e. The third-order valence-corrected chi connectivity index (χ3v) is 5.10. The Morgan fingerprint density at radius 1 is 0.960 bits per heavy atom. The highest BCUT2D eigenvalue weighted by molar-refractivity contribution is 8.00. The zero-order valence-electron chi connectivity index (χ0n) is 13.1. The van der Waals surface area contributed by atoms with Crippen molar-refractivity contribution in [1.29, 1.82) is 0 Å². The summed E-state index contributed by atoms with van der Waals surface area (Å²) in [5.74, 6) is 0.219. The van der Waals surface area contributed by atoms with Crippen LogP contribution in [0.1, 0.15) is 22.3 Å². The van der Waals surface area contributed by atoms with Gasteiger partial charge < -0.3 is 15.4 Å². The number of benzene rings is 2. The highest BCUT2D eigenvalue weighted by atomic mass is 32.2. The van der Waals surface area contributed by atoms with E-state index in [2.05, 4.69) is 10.6 Å². The predicted molar refractivity (Wildman–Crippen MR) is 94.1 cm³/mol. The summed E-state index contributed by atoms with van der Waals surface area (Å²) in [5, 5.41) is 5.54. The minimum atomic E-state index is -0.493. The molecular weight excluding hydrogens is 340 g/mol. The Hall–Kier alpha value is -2.80. The van der Waals surface area contributed by atoms with Crippen molar-refractivity contribution in [2.24, 2.45) is 0 Å². The van der Waals surface area contributed by atoms with Crippen LogP contribution >= 0.6 is 11.8 Å². The summed E-state index contributed by atoms with van der Waals surface area (Å²) in [6, 6.07) is 10.3. The molecule has 0 bridgehead atoms. The summed E-state index contributed by atoms with van der Waals surface area (Å²) in [4.78, 5) is 36.2. The lowest BCUT2D eigenvalue weighted by Gasteiger charge is -2.18. The lowest BCUT2D eigenvalue weighted by Crippen LogP contribution is -2.20. The van der Waals surface area contributed by atoms with Crippen LogP contribution in [0, 0.1) is 0 Å². The molecule has 2 aromatic rings. The Balaban J connectivity index is 1.53. The number of rotatable bonds is 2. The molecule has 2 aliphatic rings. The van der Waals surface area contributed by atoms with E-state index in [1.165, 1.54) is 11.8 Å². The molecule has 0 aliphatic carbocycles. The number of amides is 2. The van der Waals surface area contributed by atoms with Gasteiger partial charge in [-0.15, -0.1) is 11.8 Å². The van der Waals surface area contributed by atoms with Crippen molar-refractivity contribution >= 4 is 40.9 Å². The Kier molecular flexibility index (Phi) is 3.93. The number of anilines is 2. The van der Waals surface area contributed by atoms with Crippen LogP contribution in [-0.2, 0) is 16.0 Å². The Morgan fingerprint density at radius 3 is 2.68 bits per heavy atom. The van der Waals surface area contributed by atoms with Gasteiger partial charge in [0, 0.05) is 17.0 Å². The van der Waals surface area contributed by atoms with Crippen molar-refractivity contribution in [2.45, 2.75) is 17.7 Å². The maximum absolute atomic E-state index is 12.4. The largest absolute Gasteiger partial charge is 0.423 e. The van der Waals surface area contributed by atoms with E-state index in [1.54, 1.807) is 36.4 Å². The third-order valence-electron chi connectivity index (χ3n) is 4.03. The first-order chi connectivity index (χ1) is 12.1. The van der Waals surface area contributed by atoms with Crippen molar-refractivity contribution in [3.8, 4) is 5.75 Å². The molecule has 0 radical (unpaired) electrons. The van der Waals surface area contributed by atoms with Crippen LogP contribution in [0.15, 0.2) is 41.3 Å². The lowest BCUT2D eigenvalue weighted by molar-refractivity contribution is -0.116. The molecule has 4 rings (SSSR count). The lowest BCUT2D eigenvalue weighted by atomic mass is 10.0. The quantitative estimate of drug-likeness (QED) is 0.640. The molecule has 0 saturated carbocycles. The Bertz CT molecular complexity index is 910. The van der Waals surface area contributed by atoms with Gasteiger partial charge >= 0.3 is 5.97 Å². The molecule has 2 N–H and O–H groups in total. The number of ether oxygens (including phenoxy) is 1. The molecule has 25 heavy (non-hydrogen) atoms. The molecule has 2 heterocycles. The minimum absolute atomic E-state index is 0.00813. The summed E-state index contributed by atoms with van der Waals surface area (Å²) < 4.78 is 5.44. The van der Waals surface area contributed by atoms with Crippen molar-refractivity contribution in [1.82, 2.24) is 0 Å². The number of carbonyl (C=O) groups excluding carboxylic acids is 3. The van der Waals surface area contributed by atoms with Crippen LogP contribution in [-0.4, -0.2) is 23.5 Å². The molecule has 126 valence electrons. The van der Waals surface area contributed by atoms with E-state index in [9.17, 15) is 14.4 Å². The molecule has 7 heteroatoms. The second-order valence-electron chi connectivity index (χ2n) is 5.80. The number of thioether (sulfide) groups is 1. The normalized spacial score (nSPS) is 15.5. The molecule has 2 aliphatic heterocycles. The molecule has 0 unspecified atom stereocenters. The molecule has 0 spiro atoms. The fourth-order valence-electron chi connectivity index (χ4n) is 2.80. The third kappa shape index (κ3) is 3.23. The molecule has 2 aromatic carbocycles. The average molecular weight is 354 g/mol. The standard InChI is InChI=1S/C18H14N2O4S/c21-16-6-2-10-7-12(3-4-13(10)19-16)24-18(23)11-1-5-15-14(8-11)20-17(22)9-25-15/h1,3-5,7-8H,2,6,9H2,(H,19,21)(H,20,22). The van der Waals surface area contributed by atoms with E-state index in [0.717, 1.165) is 16.1 Å². The van der Waals surface area contributed by atoms with Gasteiger partial charge in [0.1, 0.15) is 5.75 Å². The first kappa shape index (κ1) is 15.7. The van der Waals surface area contributed by atoms with Crippen molar-refractivity contribution in [3.63, 3.8) is 0 Å². The van der Waals surface area contributed by atoms with Gasteiger partial charge in [0.2, 0.25) is 11.8 Å². The molecule has 0 fully saturated rings. The number of hydrogen-bond donors (Lipinski definition) is 2. The SMILES string of the molecule is O=C1CCc2cc(OC(=O)c3ccc4c(c3)NC(=O)CS4)ccc2N1. The highest BCUT2D eigenvalue weighted by Crippen LogP contribution is 2.32. The summed E-state index contributed by atoms with van der Waals surface area (Å²) in [6.07, 6.45) is 1.04. The predicted octanol–water partition coefficient (Wildman–Crippen LogP) is 2.83. The number of aryl methyl sites for hydroxylation is 1. The zero-order valence-corrected chi connectivity index (χ0v) is 13.9. The van der Waals surface area contributed by atoms with Gasteiger partial charge in [-0.25, -0.2) is 4.79 Å². The Labute approximate surface area is 147 Å². The van der Waals surface area contributed by atoms with Crippen molar-refractivity contribution in [2.75, 3.05) is 16.4 Å². The van der Waals surface area contributed by atoms with E-state index >= 15 is 0 Å². The number of carbonyl (C=O) groups is 3. The number of nitrogens with one attached hydrogen (secondary N) is 2. The highest BCUT2D eigenvalue weighted by Gasteiger charge is 2.19. The molecule has 0 aromatic heterocycles. The van der Waals surface area contributed by atoms with Gasteiger partial charge in [0.25, 0.3) is 0 Å². The van der Waals surface area contributed by atoms with Gasteiger partial charge in [-0.2, -0.15) is 0 Å². The van der Waals surface area contributed by atoms with Gasteiger partial charge in [-0.3, -0.25) is 9.59 Å². The number of fused-ring (bicyclic) bond motifs is 2. The molecule has 0 atom stereocenters. The number of hydrogen-bond acceptors (Lipinski definition) is 5. The first-order valence-electron chi connectivity index (χ1n) is 7.80. The average Bonchev–Trinajstić information content (AvgIpc) is 2.61. The summed E-state index contributed by atoms with van der Waals surface area (Å²) in [5.41, 5.74) is 2.69. The van der Waals surface area contributed by atoms with E-state index in [1.807, 2.05) is 0 Å². The van der Waals surface area contributed by atoms with Crippen molar-refractivity contribution < 1.29 is 19.1 Å². The van der Waals surface area contributed by atoms with E-state index < -0.39 is 5.97 Å². The summed E-state index contributed by atoms with van der Waals surface area (Å²) in [6.45, 7) is 0. The van der Waals surface area contributed by atoms with E-state index in [-0.39, 0.29) is 11.8 Å².